The second-order valence-corrected chi connectivity index (χ2v) is 8.14. The number of alkyl halides is 3. The van der Waals surface area contributed by atoms with Crippen molar-refractivity contribution in [2.75, 3.05) is 32.7 Å². The van der Waals surface area contributed by atoms with Gasteiger partial charge in [0.2, 0.25) is 0 Å². The summed E-state index contributed by atoms with van der Waals surface area (Å²) in [6, 6.07) is -0.188. The number of halogens is 3. The summed E-state index contributed by atoms with van der Waals surface area (Å²) in [6.45, 7) is 1.92. The minimum atomic E-state index is -4.19. The lowest BCUT2D eigenvalue weighted by Gasteiger charge is -2.24. The first-order valence-electron chi connectivity index (χ1n) is 8.62. The normalized spacial score (nSPS) is 38.1. The van der Waals surface area contributed by atoms with Crippen molar-refractivity contribution in [1.82, 2.24) is 15.5 Å². The van der Waals surface area contributed by atoms with Gasteiger partial charge in [-0.3, -0.25) is 0 Å². The zero-order valence-electron chi connectivity index (χ0n) is 13.3. The summed E-state index contributed by atoms with van der Waals surface area (Å²) in [5, 5.41) is 5.65. The van der Waals surface area contributed by atoms with Crippen molar-refractivity contribution in [2.24, 2.45) is 16.2 Å². The number of carbonyl (C=O) groups excluding carboxylic acids is 1. The van der Waals surface area contributed by atoms with Gasteiger partial charge in [0.1, 0.15) is 0 Å². The fraction of sp³-hybridized carbons (Fsp3) is 0.938. The van der Waals surface area contributed by atoms with E-state index in [0.717, 1.165) is 25.9 Å². The van der Waals surface area contributed by atoms with E-state index in [1.807, 2.05) is 0 Å². The monoisotopic (exact) mass is 331 g/mol. The number of likely N-dealkylation sites (tertiary alicyclic amines) is 1. The lowest BCUT2D eigenvalue weighted by Crippen LogP contribution is -2.44. The molecule has 7 heteroatoms. The molecule has 4 rings (SSSR count). The molecular formula is C16H24F3N3O. The topological polar surface area (TPSA) is 44.4 Å². The fourth-order valence-corrected chi connectivity index (χ4v) is 4.82. The van der Waals surface area contributed by atoms with Crippen LogP contribution in [-0.4, -0.2) is 49.8 Å². The van der Waals surface area contributed by atoms with Gasteiger partial charge in [0, 0.05) is 38.1 Å². The van der Waals surface area contributed by atoms with Gasteiger partial charge in [0.15, 0.2) is 0 Å². The maximum atomic E-state index is 13.3. The number of piperidine rings is 1. The number of fused-ring (bicyclic) bond motifs is 1. The van der Waals surface area contributed by atoms with Gasteiger partial charge < -0.3 is 15.5 Å². The van der Waals surface area contributed by atoms with Crippen molar-refractivity contribution < 1.29 is 18.0 Å². The SMILES string of the molecule is O=C(NC[C@]12CNC[C@@]1(C(F)(F)F)C2)N1CCCC2(CC1)CC2. The first-order chi connectivity index (χ1) is 10.8. The second kappa shape index (κ2) is 4.77. The van der Waals surface area contributed by atoms with Crippen molar-refractivity contribution >= 4 is 6.03 Å². The summed E-state index contributed by atoms with van der Waals surface area (Å²) in [6.07, 6.45) is 1.72. The molecule has 0 aromatic carbocycles. The third-order valence-corrected chi connectivity index (χ3v) is 6.83. The molecule has 2 heterocycles. The average Bonchev–Trinajstić information content (AvgIpc) is 3.39. The highest BCUT2D eigenvalue weighted by Crippen LogP contribution is 2.72. The lowest BCUT2D eigenvalue weighted by atomic mass is 9.95. The lowest BCUT2D eigenvalue weighted by molar-refractivity contribution is -0.190. The molecule has 2 saturated carbocycles. The third kappa shape index (κ3) is 2.34. The van der Waals surface area contributed by atoms with Crippen LogP contribution in [0.5, 0.6) is 0 Å². The zero-order valence-corrected chi connectivity index (χ0v) is 13.3. The number of hydrogen-bond acceptors (Lipinski definition) is 2. The molecule has 4 fully saturated rings. The second-order valence-electron chi connectivity index (χ2n) is 8.14. The summed E-state index contributed by atoms with van der Waals surface area (Å²) in [7, 11) is 0. The maximum absolute atomic E-state index is 13.3. The van der Waals surface area contributed by atoms with Gasteiger partial charge in [-0.25, -0.2) is 4.79 Å². The number of nitrogens with one attached hydrogen (secondary N) is 2. The van der Waals surface area contributed by atoms with Crippen LogP contribution in [0.15, 0.2) is 0 Å². The predicted octanol–water partition coefficient (Wildman–Crippen LogP) is 2.50. The van der Waals surface area contributed by atoms with E-state index in [4.69, 9.17) is 0 Å². The molecule has 0 aromatic heterocycles. The number of nitrogens with zero attached hydrogens (tertiary/aromatic N) is 1. The van der Waals surface area contributed by atoms with Gasteiger partial charge in [0.05, 0.1) is 5.41 Å². The largest absolute Gasteiger partial charge is 0.396 e. The Bertz CT molecular complexity index is 519. The number of hydrogen-bond donors (Lipinski definition) is 2. The van der Waals surface area contributed by atoms with E-state index in [-0.39, 0.29) is 25.5 Å². The molecule has 2 N–H and O–H groups in total. The van der Waals surface area contributed by atoms with Gasteiger partial charge in [-0.15, -0.1) is 0 Å². The van der Waals surface area contributed by atoms with E-state index in [9.17, 15) is 18.0 Å². The summed E-state index contributed by atoms with van der Waals surface area (Å²) >= 11 is 0. The molecular weight excluding hydrogens is 307 g/mol. The summed E-state index contributed by atoms with van der Waals surface area (Å²) < 4.78 is 39.9. The molecule has 2 amide bonds. The van der Waals surface area contributed by atoms with Crippen molar-refractivity contribution in [3.05, 3.63) is 0 Å². The van der Waals surface area contributed by atoms with Crippen LogP contribution in [-0.2, 0) is 0 Å². The van der Waals surface area contributed by atoms with Gasteiger partial charge in [-0.1, -0.05) is 0 Å². The van der Waals surface area contributed by atoms with Crippen LogP contribution in [0.4, 0.5) is 18.0 Å². The molecule has 4 aliphatic rings. The van der Waals surface area contributed by atoms with E-state index >= 15 is 0 Å². The van der Waals surface area contributed by atoms with Crippen LogP contribution >= 0.6 is 0 Å². The highest BCUT2D eigenvalue weighted by molar-refractivity contribution is 5.74. The van der Waals surface area contributed by atoms with E-state index < -0.39 is 17.0 Å². The molecule has 1 spiro atoms. The van der Waals surface area contributed by atoms with E-state index in [0.29, 0.717) is 12.0 Å². The van der Waals surface area contributed by atoms with Gasteiger partial charge in [-0.2, -0.15) is 13.2 Å². The number of amides is 2. The molecule has 2 saturated heterocycles. The Labute approximate surface area is 134 Å². The average molecular weight is 331 g/mol. The van der Waals surface area contributed by atoms with Crippen molar-refractivity contribution in [3.8, 4) is 0 Å². The van der Waals surface area contributed by atoms with Crippen LogP contribution in [0.3, 0.4) is 0 Å². The Hall–Kier alpha value is -0.980. The molecule has 0 unspecified atom stereocenters. The fourth-order valence-electron chi connectivity index (χ4n) is 4.82. The Morgan fingerprint density at radius 3 is 2.57 bits per heavy atom. The summed E-state index contributed by atoms with van der Waals surface area (Å²) in [5.41, 5.74) is -1.97. The number of rotatable bonds is 2. The number of carbonyl (C=O) groups is 1. The van der Waals surface area contributed by atoms with E-state index in [1.165, 1.54) is 19.3 Å². The smallest absolute Gasteiger partial charge is 0.337 e. The first-order valence-corrected chi connectivity index (χ1v) is 8.62. The van der Waals surface area contributed by atoms with Crippen LogP contribution in [0, 0.1) is 16.2 Å². The quantitative estimate of drug-likeness (QED) is 0.817. The molecule has 23 heavy (non-hydrogen) atoms. The highest BCUT2D eigenvalue weighted by Gasteiger charge is 2.81. The molecule has 2 aliphatic heterocycles. The molecule has 0 aromatic rings. The molecule has 130 valence electrons. The molecule has 2 atom stereocenters. The molecule has 0 bridgehead atoms. The molecule has 0 radical (unpaired) electrons. The van der Waals surface area contributed by atoms with E-state index in [1.54, 1.807) is 4.90 Å². The van der Waals surface area contributed by atoms with Gasteiger partial charge >= 0.3 is 12.2 Å². The maximum Gasteiger partial charge on any atom is 0.396 e. The Balaban J connectivity index is 1.34. The Morgan fingerprint density at radius 1 is 1.13 bits per heavy atom. The summed E-state index contributed by atoms with van der Waals surface area (Å²) in [5.74, 6) is 0. The van der Waals surface area contributed by atoms with E-state index in [2.05, 4.69) is 10.6 Å². The van der Waals surface area contributed by atoms with Crippen LogP contribution in [0.1, 0.15) is 38.5 Å². The van der Waals surface area contributed by atoms with Crippen molar-refractivity contribution in [3.63, 3.8) is 0 Å². The third-order valence-electron chi connectivity index (χ3n) is 6.83. The minimum Gasteiger partial charge on any atom is -0.337 e. The van der Waals surface area contributed by atoms with Crippen LogP contribution in [0.2, 0.25) is 0 Å². The highest BCUT2D eigenvalue weighted by atomic mass is 19.4. The minimum absolute atomic E-state index is 0.0153. The first kappa shape index (κ1) is 15.5. The van der Waals surface area contributed by atoms with Gasteiger partial charge in [0.25, 0.3) is 0 Å². The molecule has 2 aliphatic carbocycles. The van der Waals surface area contributed by atoms with Gasteiger partial charge in [-0.05, 0) is 43.9 Å². The van der Waals surface area contributed by atoms with Crippen molar-refractivity contribution in [2.45, 2.75) is 44.7 Å². The van der Waals surface area contributed by atoms with Crippen LogP contribution in [0.25, 0.3) is 0 Å². The molecule has 4 nitrogen and oxygen atoms in total. The number of urea groups is 1. The van der Waals surface area contributed by atoms with Crippen molar-refractivity contribution in [1.29, 1.82) is 0 Å². The summed E-state index contributed by atoms with van der Waals surface area (Å²) in [4.78, 5) is 14.2. The Morgan fingerprint density at radius 2 is 1.91 bits per heavy atom. The predicted molar refractivity (Wildman–Crippen MR) is 78.9 cm³/mol. The van der Waals surface area contributed by atoms with Crippen LogP contribution < -0.4 is 10.6 Å². The standard InChI is InChI=1S/C16H24F3N3O/c17-16(18,19)15-8-14(15,9-20-11-15)10-21-12(23)22-6-1-2-13(3-4-13)5-7-22/h20H,1-11H2,(H,21,23)/t14-,15-/m0/s1. The zero-order chi connectivity index (χ0) is 16.3. The Kier molecular flexibility index (Phi) is 3.22.